The van der Waals surface area contributed by atoms with Crippen molar-refractivity contribution in [3.63, 3.8) is 0 Å². The monoisotopic (exact) mass is 185 g/mol. The summed E-state index contributed by atoms with van der Waals surface area (Å²) in [4.78, 5) is 3.92. The minimum absolute atomic E-state index is 0.0192. The third kappa shape index (κ3) is 2.50. The van der Waals surface area contributed by atoms with Crippen LogP contribution in [-0.2, 0) is 0 Å². The van der Waals surface area contributed by atoms with Crippen molar-refractivity contribution in [1.82, 2.24) is 4.98 Å². The van der Waals surface area contributed by atoms with E-state index >= 15 is 0 Å². The molecule has 1 heterocycles. The molecule has 0 fully saturated rings. The lowest BCUT2D eigenvalue weighted by molar-refractivity contribution is 1.31. The summed E-state index contributed by atoms with van der Waals surface area (Å²) in [5.41, 5.74) is 5.41. The number of hydrogen-bond donors (Lipinski definition) is 2. The number of nitrogens with two attached hydrogens (primary N) is 1. The topological polar surface area (TPSA) is 98.5 Å². The highest BCUT2D eigenvalue weighted by atomic mass is 15.0. The SMILES string of the molecule is N#CC(C#N)=CNc1cccc(N)n1. The van der Waals surface area contributed by atoms with Crippen LogP contribution in [0.15, 0.2) is 30.0 Å². The first-order chi connectivity index (χ1) is 6.76. The number of nitrogens with zero attached hydrogens (tertiary/aromatic N) is 3. The zero-order valence-corrected chi connectivity index (χ0v) is 7.23. The van der Waals surface area contributed by atoms with E-state index in [1.807, 2.05) is 0 Å². The van der Waals surface area contributed by atoms with Gasteiger partial charge in [-0.25, -0.2) is 4.98 Å². The number of pyridine rings is 1. The Bertz CT molecular complexity index is 419. The minimum Gasteiger partial charge on any atom is -0.384 e. The third-order valence-electron chi connectivity index (χ3n) is 1.38. The molecule has 68 valence electrons. The number of nitrogen functional groups attached to an aromatic ring is 1. The maximum atomic E-state index is 8.43. The number of nitrogens with one attached hydrogen (secondary N) is 1. The Labute approximate surface area is 81.1 Å². The molecule has 0 bridgehead atoms. The molecule has 0 atom stereocenters. The molecule has 0 radical (unpaired) electrons. The summed E-state index contributed by atoms with van der Waals surface area (Å²) in [6.45, 7) is 0. The number of anilines is 2. The van der Waals surface area contributed by atoms with Crippen LogP contribution in [0.25, 0.3) is 0 Å². The van der Waals surface area contributed by atoms with Gasteiger partial charge in [-0.1, -0.05) is 6.07 Å². The Morgan fingerprint density at radius 3 is 2.71 bits per heavy atom. The van der Waals surface area contributed by atoms with Gasteiger partial charge in [0.2, 0.25) is 0 Å². The maximum Gasteiger partial charge on any atom is 0.145 e. The molecule has 0 aliphatic heterocycles. The lowest BCUT2D eigenvalue weighted by Crippen LogP contribution is -1.96. The normalized spacial score (nSPS) is 8.14. The number of rotatable bonds is 2. The second-order valence-electron chi connectivity index (χ2n) is 2.37. The molecule has 0 amide bonds. The van der Waals surface area contributed by atoms with Gasteiger partial charge in [-0.3, -0.25) is 0 Å². The smallest absolute Gasteiger partial charge is 0.145 e. The highest BCUT2D eigenvalue weighted by Crippen LogP contribution is 2.05. The van der Waals surface area contributed by atoms with Gasteiger partial charge in [-0.2, -0.15) is 10.5 Å². The highest BCUT2D eigenvalue weighted by molar-refractivity contribution is 5.47. The maximum absolute atomic E-state index is 8.43. The van der Waals surface area contributed by atoms with Crippen molar-refractivity contribution in [2.75, 3.05) is 11.1 Å². The first kappa shape index (κ1) is 9.56. The summed E-state index contributed by atoms with van der Waals surface area (Å²) in [5.74, 6) is 0.867. The number of nitriles is 2. The summed E-state index contributed by atoms with van der Waals surface area (Å²) < 4.78 is 0. The first-order valence-electron chi connectivity index (χ1n) is 3.75. The molecule has 14 heavy (non-hydrogen) atoms. The molecule has 0 aromatic carbocycles. The quantitative estimate of drug-likeness (QED) is 0.670. The van der Waals surface area contributed by atoms with Crippen molar-refractivity contribution in [3.05, 3.63) is 30.0 Å². The minimum atomic E-state index is -0.0192. The van der Waals surface area contributed by atoms with E-state index in [2.05, 4.69) is 10.3 Å². The molecule has 1 aromatic rings. The number of hydrogen-bond acceptors (Lipinski definition) is 5. The molecular weight excluding hydrogens is 178 g/mol. The van der Waals surface area contributed by atoms with Crippen LogP contribution in [0, 0.1) is 22.7 Å². The summed E-state index contributed by atoms with van der Waals surface area (Å²) in [6.07, 6.45) is 1.28. The standard InChI is InChI=1S/C9H7N5/c10-4-7(5-11)6-13-9-3-1-2-8(12)14-9/h1-3,6H,(H3,12,13,14). The first-order valence-corrected chi connectivity index (χ1v) is 3.75. The van der Waals surface area contributed by atoms with E-state index in [0.717, 1.165) is 0 Å². The molecular formula is C9H7N5. The van der Waals surface area contributed by atoms with Crippen LogP contribution in [0.1, 0.15) is 0 Å². The number of aromatic nitrogens is 1. The predicted octanol–water partition coefficient (Wildman–Crippen LogP) is 1.01. The fraction of sp³-hybridized carbons (Fsp3) is 0. The Balaban J connectivity index is 2.77. The van der Waals surface area contributed by atoms with E-state index in [4.69, 9.17) is 16.3 Å². The van der Waals surface area contributed by atoms with E-state index in [0.29, 0.717) is 11.6 Å². The molecule has 1 aromatic heterocycles. The van der Waals surface area contributed by atoms with Crippen LogP contribution in [-0.4, -0.2) is 4.98 Å². The summed E-state index contributed by atoms with van der Waals surface area (Å²) in [7, 11) is 0. The molecule has 0 aliphatic carbocycles. The molecule has 5 heteroatoms. The van der Waals surface area contributed by atoms with E-state index in [1.165, 1.54) is 6.20 Å². The average molecular weight is 185 g/mol. The van der Waals surface area contributed by atoms with Gasteiger partial charge in [-0.15, -0.1) is 0 Å². The Morgan fingerprint density at radius 1 is 1.43 bits per heavy atom. The molecule has 0 saturated heterocycles. The van der Waals surface area contributed by atoms with Crippen LogP contribution >= 0.6 is 0 Å². The molecule has 0 aliphatic rings. The van der Waals surface area contributed by atoms with Gasteiger partial charge in [0.15, 0.2) is 0 Å². The molecule has 3 N–H and O–H groups in total. The van der Waals surface area contributed by atoms with Crippen molar-refractivity contribution in [2.24, 2.45) is 0 Å². The largest absolute Gasteiger partial charge is 0.384 e. The van der Waals surface area contributed by atoms with E-state index in [1.54, 1.807) is 30.3 Å². The van der Waals surface area contributed by atoms with Gasteiger partial charge >= 0.3 is 0 Å². The molecule has 0 unspecified atom stereocenters. The van der Waals surface area contributed by atoms with E-state index in [9.17, 15) is 0 Å². The van der Waals surface area contributed by atoms with Crippen LogP contribution < -0.4 is 11.1 Å². The Morgan fingerprint density at radius 2 is 2.14 bits per heavy atom. The van der Waals surface area contributed by atoms with Crippen LogP contribution in [0.3, 0.4) is 0 Å². The molecule has 0 saturated carbocycles. The highest BCUT2D eigenvalue weighted by Gasteiger charge is 1.93. The van der Waals surface area contributed by atoms with E-state index < -0.39 is 0 Å². The van der Waals surface area contributed by atoms with Gasteiger partial charge in [0.1, 0.15) is 29.3 Å². The third-order valence-corrected chi connectivity index (χ3v) is 1.38. The molecule has 1 rings (SSSR count). The van der Waals surface area contributed by atoms with Gasteiger partial charge < -0.3 is 11.1 Å². The fourth-order valence-corrected chi connectivity index (χ4v) is 0.768. The van der Waals surface area contributed by atoms with Crippen LogP contribution in [0.5, 0.6) is 0 Å². The van der Waals surface area contributed by atoms with Gasteiger partial charge in [0.25, 0.3) is 0 Å². The second-order valence-corrected chi connectivity index (χ2v) is 2.37. The molecule has 0 spiro atoms. The van der Waals surface area contributed by atoms with Crippen LogP contribution in [0.4, 0.5) is 11.6 Å². The molecule has 5 nitrogen and oxygen atoms in total. The Hall–Kier alpha value is -2.53. The zero-order chi connectivity index (χ0) is 10.4. The van der Waals surface area contributed by atoms with Crippen molar-refractivity contribution < 1.29 is 0 Å². The fourth-order valence-electron chi connectivity index (χ4n) is 0.768. The summed E-state index contributed by atoms with van der Waals surface area (Å²) in [5, 5.41) is 19.6. The van der Waals surface area contributed by atoms with E-state index in [-0.39, 0.29) is 5.57 Å². The van der Waals surface area contributed by atoms with Crippen molar-refractivity contribution in [2.45, 2.75) is 0 Å². The van der Waals surface area contributed by atoms with Crippen molar-refractivity contribution in [3.8, 4) is 12.1 Å². The average Bonchev–Trinajstić information content (AvgIpc) is 2.19. The predicted molar refractivity (Wildman–Crippen MR) is 51.6 cm³/mol. The summed E-state index contributed by atoms with van der Waals surface area (Å²) in [6, 6.07) is 8.47. The summed E-state index contributed by atoms with van der Waals surface area (Å²) >= 11 is 0. The lowest BCUT2D eigenvalue weighted by atomic mass is 10.3. The van der Waals surface area contributed by atoms with Gasteiger partial charge in [0.05, 0.1) is 0 Å². The number of allylic oxidation sites excluding steroid dienone is 1. The second kappa shape index (κ2) is 4.48. The zero-order valence-electron chi connectivity index (χ0n) is 7.23. The van der Waals surface area contributed by atoms with Gasteiger partial charge in [0, 0.05) is 6.20 Å². The Kier molecular flexibility index (Phi) is 3.06. The van der Waals surface area contributed by atoms with Gasteiger partial charge in [-0.05, 0) is 12.1 Å². The van der Waals surface area contributed by atoms with Crippen LogP contribution in [0.2, 0.25) is 0 Å². The lowest BCUT2D eigenvalue weighted by Gasteiger charge is -1.99. The van der Waals surface area contributed by atoms with Crippen molar-refractivity contribution in [1.29, 1.82) is 10.5 Å². The van der Waals surface area contributed by atoms with Crippen molar-refractivity contribution >= 4 is 11.6 Å².